The number of halogens is 1. The number of H-pyrrole nitrogens is 1. The number of hydrogen-bond acceptors (Lipinski definition) is 6. The van der Waals surface area contributed by atoms with Gasteiger partial charge in [0.15, 0.2) is 5.16 Å². The number of carboxylic acid groups (broad SMARTS) is 1. The number of carbonyl (C=O) groups excluding carboxylic acids is 1. The minimum absolute atomic E-state index is 0.00388. The van der Waals surface area contributed by atoms with Gasteiger partial charge in [-0.3, -0.25) is 9.78 Å². The molecule has 0 fully saturated rings. The van der Waals surface area contributed by atoms with Crippen molar-refractivity contribution in [3.8, 4) is 0 Å². The van der Waals surface area contributed by atoms with Crippen LogP contribution in [0, 0.1) is 0 Å². The highest BCUT2D eigenvalue weighted by molar-refractivity contribution is 7.98. The van der Waals surface area contributed by atoms with Crippen molar-refractivity contribution in [2.45, 2.75) is 23.8 Å². The Bertz CT molecular complexity index is 705. The summed E-state index contributed by atoms with van der Waals surface area (Å²) in [4.78, 5) is 24.6. The molecule has 0 amide bonds. The molecular weight excluding hydrogens is 314 g/mol. The van der Waals surface area contributed by atoms with Crippen molar-refractivity contribution in [3.63, 3.8) is 0 Å². The van der Waals surface area contributed by atoms with Crippen LogP contribution in [0.4, 0.5) is 0 Å². The van der Waals surface area contributed by atoms with E-state index in [1.54, 1.807) is 6.07 Å². The van der Waals surface area contributed by atoms with Gasteiger partial charge in [0.1, 0.15) is 5.69 Å². The summed E-state index contributed by atoms with van der Waals surface area (Å²) in [5.74, 6) is -0.639. The first kappa shape index (κ1) is 15.5. The quantitative estimate of drug-likeness (QED) is 0.789. The summed E-state index contributed by atoms with van der Waals surface area (Å²) < 4.78 is 0. The SMILES string of the molecule is O=C([O-])CCc1nnc(SCc2cccc(Cl)c2)[nH]c1=O. The minimum Gasteiger partial charge on any atom is -0.550 e. The number of benzene rings is 1. The van der Waals surface area contributed by atoms with Crippen molar-refractivity contribution in [1.29, 1.82) is 0 Å². The number of aromatic nitrogens is 3. The lowest BCUT2D eigenvalue weighted by molar-refractivity contribution is -0.305. The van der Waals surface area contributed by atoms with Gasteiger partial charge in [0.25, 0.3) is 5.56 Å². The third kappa shape index (κ3) is 4.87. The molecule has 1 heterocycles. The summed E-state index contributed by atoms with van der Waals surface area (Å²) in [6.07, 6.45) is -0.253. The molecule has 0 aliphatic carbocycles. The van der Waals surface area contributed by atoms with E-state index >= 15 is 0 Å². The molecular formula is C13H11ClN3O3S-. The van der Waals surface area contributed by atoms with Crippen LogP contribution in [0.5, 0.6) is 0 Å². The molecule has 21 heavy (non-hydrogen) atoms. The predicted molar refractivity (Wildman–Crippen MR) is 77.0 cm³/mol. The zero-order valence-electron chi connectivity index (χ0n) is 10.8. The lowest BCUT2D eigenvalue weighted by Crippen LogP contribution is -2.25. The second-order valence-electron chi connectivity index (χ2n) is 4.20. The van der Waals surface area contributed by atoms with E-state index in [9.17, 15) is 14.7 Å². The summed E-state index contributed by atoms with van der Waals surface area (Å²) in [5.41, 5.74) is 0.655. The van der Waals surface area contributed by atoms with Crippen LogP contribution in [0.15, 0.2) is 34.2 Å². The molecule has 0 atom stereocenters. The molecule has 0 saturated carbocycles. The number of aliphatic carboxylic acids is 1. The Morgan fingerprint density at radius 3 is 2.86 bits per heavy atom. The van der Waals surface area contributed by atoms with E-state index < -0.39 is 11.5 Å². The van der Waals surface area contributed by atoms with Crippen molar-refractivity contribution in [2.24, 2.45) is 0 Å². The van der Waals surface area contributed by atoms with Gasteiger partial charge in [0.2, 0.25) is 0 Å². The fourth-order valence-corrected chi connectivity index (χ4v) is 2.53. The zero-order chi connectivity index (χ0) is 15.2. The molecule has 2 aromatic rings. The Labute approximate surface area is 129 Å². The average Bonchev–Trinajstić information content (AvgIpc) is 2.44. The predicted octanol–water partition coefficient (Wildman–Crippen LogP) is 0.793. The van der Waals surface area contributed by atoms with Gasteiger partial charge in [-0.25, -0.2) is 0 Å². The molecule has 8 heteroatoms. The van der Waals surface area contributed by atoms with E-state index in [2.05, 4.69) is 15.2 Å². The van der Waals surface area contributed by atoms with E-state index in [1.165, 1.54) is 11.8 Å². The van der Waals surface area contributed by atoms with E-state index in [0.29, 0.717) is 15.9 Å². The van der Waals surface area contributed by atoms with Gasteiger partial charge in [0.05, 0.1) is 0 Å². The van der Waals surface area contributed by atoms with Gasteiger partial charge < -0.3 is 9.90 Å². The van der Waals surface area contributed by atoms with Crippen molar-refractivity contribution in [2.75, 3.05) is 0 Å². The van der Waals surface area contributed by atoms with Crippen molar-refractivity contribution in [3.05, 3.63) is 50.9 Å². The molecule has 1 N–H and O–H groups in total. The molecule has 1 aromatic heterocycles. The molecule has 0 bridgehead atoms. The number of carboxylic acids is 1. The Hall–Kier alpha value is -1.86. The van der Waals surface area contributed by atoms with Gasteiger partial charge >= 0.3 is 0 Å². The first-order valence-corrected chi connectivity index (χ1v) is 7.44. The average molecular weight is 325 g/mol. The summed E-state index contributed by atoms with van der Waals surface area (Å²) in [6, 6.07) is 7.37. The van der Waals surface area contributed by atoms with Crippen LogP contribution in [-0.4, -0.2) is 21.2 Å². The van der Waals surface area contributed by atoms with Crippen molar-refractivity contribution >= 4 is 29.3 Å². The third-order valence-corrected chi connectivity index (χ3v) is 3.74. The van der Waals surface area contributed by atoms with Crippen LogP contribution < -0.4 is 10.7 Å². The Morgan fingerprint density at radius 1 is 1.38 bits per heavy atom. The fourth-order valence-electron chi connectivity index (χ4n) is 1.57. The summed E-state index contributed by atoms with van der Waals surface area (Å²) in [7, 11) is 0. The van der Waals surface area contributed by atoms with Crippen molar-refractivity contribution in [1.82, 2.24) is 15.2 Å². The molecule has 6 nitrogen and oxygen atoms in total. The maximum absolute atomic E-state index is 11.7. The normalized spacial score (nSPS) is 10.5. The minimum atomic E-state index is -1.23. The highest BCUT2D eigenvalue weighted by Crippen LogP contribution is 2.20. The fraction of sp³-hybridized carbons (Fsp3) is 0.231. The monoisotopic (exact) mass is 324 g/mol. The number of aromatic amines is 1. The summed E-state index contributed by atoms with van der Waals surface area (Å²) >= 11 is 7.20. The molecule has 2 rings (SSSR count). The van der Waals surface area contributed by atoms with Crippen molar-refractivity contribution < 1.29 is 9.90 Å². The number of hydrogen-bond donors (Lipinski definition) is 1. The van der Waals surface area contributed by atoms with E-state index in [1.807, 2.05) is 18.2 Å². The van der Waals surface area contributed by atoms with Crippen LogP contribution >= 0.6 is 23.4 Å². The van der Waals surface area contributed by atoms with Gasteiger partial charge in [0, 0.05) is 23.2 Å². The molecule has 110 valence electrons. The molecule has 1 aromatic carbocycles. The van der Waals surface area contributed by atoms with Crippen LogP contribution in [0.1, 0.15) is 17.7 Å². The van der Waals surface area contributed by atoms with Crippen LogP contribution in [0.25, 0.3) is 0 Å². The first-order valence-electron chi connectivity index (χ1n) is 6.07. The van der Waals surface area contributed by atoms with Gasteiger partial charge in [-0.1, -0.05) is 35.5 Å². The Morgan fingerprint density at radius 2 is 2.19 bits per heavy atom. The Balaban J connectivity index is 2.00. The summed E-state index contributed by atoms with van der Waals surface area (Å²) in [5, 5.41) is 19.0. The number of rotatable bonds is 6. The maximum Gasteiger partial charge on any atom is 0.273 e. The van der Waals surface area contributed by atoms with E-state index in [-0.39, 0.29) is 18.5 Å². The Kier molecular flexibility index (Phi) is 5.35. The number of nitrogens with zero attached hydrogens (tertiary/aromatic N) is 2. The van der Waals surface area contributed by atoms with Gasteiger partial charge in [-0.15, -0.1) is 10.2 Å². The van der Waals surface area contributed by atoms with Crippen LogP contribution in [0.3, 0.4) is 0 Å². The molecule has 0 aliphatic heterocycles. The number of carbonyl (C=O) groups is 1. The molecule has 0 aliphatic rings. The van der Waals surface area contributed by atoms with Crippen LogP contribution in [-0.2, 0) is 17.0 Å². The first-order chi connectivity index (χ1) is 10.0. The maximum atomic E-state index is 11.7. The number of nitrogens with one attached hydrogen (secondary N) is 1. The lowest BCUT2D eigenvalue weighted by atomic mass is 10.2. The summed E-state index contributed by atoms with van der Waals surface area (Å²) in [6.45, 7) is 0. The number of aryl methyl sites for hydroxylation is 1. The molecule has 0 spiro atoms. The second-order valence-corrected chi connectivity index (χ2v) is 5.60. The smallest absolute Gasteiger partial charge is 0.273 e. The zero-order valence-corrected chi connectivity index (χ0v) is 12.4. The highest BCUT2D eigenvalue weighted by Gasteiger charge is 2.06. The molecule has 0 unspecified atom stereocenters. The van der Waals surface area contributed by atoms with E-state index in [4.69, 9.17) is 11.6 Å². The third-order valence-electron chi connectivity index (χ3n) is 2.57. The van der Waals surface area contributed by atoms with Crippen LogP contribution in [0.2, 0.25) is 5.02 Å². The number of thioether (sulfide) groups is 1. The largest absolute Gasteiger partial charge is 0.550 e. The molecule has 0 saturated heterocycles. The topological polar surface area (TPSA) is 98.8 Å². The standard InChI is InChI=1S/C13H12ClN3O3S/c14-9-3-1-2-8(6-9)7-21-13-15-12(20)10(16-17-13)4-5-11(18)19/h1-3,6H,4-5,7H2,(H,18,19)(H,15,17,20)/p-1. The lowest BCUT2D eigenvalue weighted by Gasteiger charge is -2.03. The van der Waals surface area contributed by atoms with Gasteiger partial charge in [-0.05, 0) is 24.1 Å². The van der Waals surface area contributed by atoms with E-state index in [0.717, 1.165) is 5.56 Å². The molecule has 0 radical (unpaired) electrons. The second kappa shape index (κ2) is 7.24. The highest BCUT2D eigenvalue weighted by atomic mass is 35.5. The van der Waals surface area contributed by atoms with Gasteiger partial charge in [-0.2, -0.15) is 0 Å².